The van der Waals surface area contributed by atoms with Crippen molar-refractivity contribution in [3.05, 3.63) is 60.2 Å². The van der Waals surface area contributed by atoms with Gasteiger partial charge in [-0.3, -0.25) is 5.41 Å². The molecule has 4 heteroatoms. The lowest BCUT2D eigenvalue weighted by Gasteiger charge is -2.09. The Morgan fingerprint density at radius 1 is 1.00 bits per heavy atom. The maximum Gasteiger partial charge on any atom is 0.354 e. The van der Waals surface area contributed by atoms with Crippen molar-refractivity contribution in [3.8, 4) is 11.5 Å². The van der Waals surface area contributed by atoms with Crippen LogP contribution in [0.4, 0.5) is 0 Å². The first-order chi connectivity index (χ1) is 8.68. The molecular formula is C14H11NO3. The number of hydrogen-bond acceptors (Lipinski definition) is 3. The van der Waals surface area contributed by atoms with Crippen molar-refractivity contribution < 1.29 is 14.6 Å². The summed E-state index contributed by atoms with van der Waals surface area (Å²) in [4.78, 5) is 10.8. The molecule has 18 heavy (non-hydrogen) atoms. The molecule has 0 aliphatic heterocycles. The molecule has 4 nitrogen and oxygen atoms in total. The molecule has 2 N–H and O–H groups in total. The van der Waals surface area contributed by atoms with Crippen LogP contribution in [0.15, 0.2) is 54.6 Å². The molecule has 0 unspecified atom stereocenters. The quantitative estimate of drug-likeness (QED) is 0.808. The van der Waals surface area contributed by atoms with Crippen LogP contribution in [0.1, 0.15) is 5.56 Å². The van der Waals surface area contributed by atoms with E-state index < -0.39 is 11.7 Å². The number of carboxylic acid groups (broad SMARTS) is 1. The number of para-hydroxylation sites is 2. The second kappa shape index (κ2) is 5.14. The van der Waals surface area contributed by atoms with E-state index in [9.17, 15) is 4.79 Å². The van der Waals surface area contributed by atoms with E-state index in [1.54, 1.807) is 36.4 Å². The van der Waals surface area contributed by atoms with Crippen molar-refractivity contribution in [1.29, 1.82) is 5.41 Å². The molecule has 90 valence electrons. The Hall–Kier alpha value is -2.62. The number of aliphatic carboxylic acids is 1. The molecule has 0 saturated heterocycles. The summed E-state index contributed by atoms with van der Waals surface area (Å²) in [5.74, 6) is -0.321. The first-order valence-electron chi connectivity index (χ1n) is 5.32. The average molecular weight is 241 g/mol. The van der Waals surface area contributed by atoms with Gasteiger partial charge in [-0.2, -0.15) is 0 Å². The molecule has 0 amide bonds. The summed E-state index contributed by atoms with van der Waals surface area (Å²) in [6, 6.07) is 15.6. The smallest absolute Gasteiger partial charge is 0.354 e. The molecule has 0 spiro atoms. The summed E-state index contributed by atoms with van der Waals surface area (Å²) in [5, 5.41) is 16.4. The fraction of sp³-hybridized carbons (Fsp3) is 0. The summed E-state index contributed by atoms with van der Waals surface area (Å²) in [6.45, 7) is 0. The Labute approximate surface area is 104 Å². The van der Waals surface area contributed by atoms with Crippen LogP contribution in [0.25, 0.3) is 0 Å². The predicted octanol–water partition coefficient (Wildman–Crippen LogP) is 2.93. The molecule has 2 rings (SSSR count). The molecule has 0 aromatic heterocycles. The standard InChI is InChI=1S/C14H11NO3/c15-13(14(16)17)11-8-4-5-9-12(11)18-10-6-2-1-3-7-10/h1-9,15H,(H,16,17). The van der Waals surface area contributed by atoms with Crippen LogP contribution in [0.3, 0.4) is 0 Å². The van der Waals surface area contributed by atoms with E-state index >= 15 is 0 Å². The zero-order valence-electron chi connectivity index (χ0n) is 9.46. The molecule has 2 aromatic rings. The average Bonchev–Trinajstić information content (AvgIpc) is 2.39. The third kappa shape index (κ3) is 2.55. The van der Waals surface area contributed by atoms with Gasteiger partial charge in [0, 0.05) is 5.56 Å². The number of ether oxygens (including phenoxy) is 1. The number of hydrogen-bond donors (Lipinski definition) is 2. The normalized spacial score (nSPS) is 9.78. The van der Waals surface area contributed by atoms with Gasteiger partial charge in [-0.05, 0) is 24.3 Å². The molecule has 0 saturated carbocycles. The Morgan fingerprint density at radius 3 is 2.28 bits per heavy atom. The van der Waals surface area contributed by atoms with Gasteiger partial charge in [0.1, 0.15) is 11.5 Å². The highest BCUT2D eigenvalue weighted by atomic mass is 16.5. The van der Waals surface area contributed by atoms with E-state index in [0.717, 1.165) is 0 Å². The minimum atomic E-state index is -1.28. The Bertz CT molecular complexity index is 579. The van der Waals surface area contributed by atoms with E-state index in [4.69, 9.17) is 15.3 Å². The Balaban J connectivity index is 2.34. The topological polar surface area (TPSA) is 70.4 Å². The largest absolute Gasteiger partial charge is 0.477 e. The summed E-state index contributed by atoms with van der Waals surface area (Å²) >= 11 is 0. The molecule has 2 aromatic carbocycles. The zero-order valence-corrected chi connectivity index (χ0v) is 9.46. The van der Waals surface area contributed by atoms with Crippen LogP contribution in [-0.4, -0.2) is 16.8 Å². The molecule has 0 bridgehead atoms. The highest BCUT2D eigenvalue weighted by molar-refractivity contribution is 6.41. The van der Waals surface area contributed by atoms with Crippen molar-refractivity contribution in [2.24, 2.45) is 0 Å². The van der Waals surface area contributed by atoms with Crippen LogP contribution in [0.5, 0.6) is 11.5 Å². The van der Waals surface area contributed by atoms with Crippen LogP contribution < -0.4 is 4.74 Å². The third-order valence-corrected chi connectivity index (χ3v) is 2.34. The van der Waals surface area contributed by atoms with E-state index in [-0.39, 0.29) is 5.56 Å². The monoisotopic (exact) mass is 241 g/mol. The van der Waals surface area contributed by atoms with Crippen molar-refractivity contribution in [2.75, 3.05) is 0 Å². The number of rotatable bonds is 4. The molecule has 0 radical (unpaired) electrons. The zero-order chi connectivity index (χ0) is 13.0. The lowest BCUT2D eigenvalue weighted by Crippen LogP contribution is -2.13. The van der Waals surface area contributed by atoms with Crippen LogP contribution in [0.2, 0.25) is 0 Å². The SMILES string of the molecule is N=C(C(=O)O)c1ccccc1Oc1ccccc1. The highest BCUT2D eigenvalue weighted by Crippen LogP contribution is 2.25. The van der Waals surface area contributed by atoms with Gasteiger partial charge in [-0.15, -0.1) is 0 Å². The Kier molecular flexibility index (Phi) is 3.38. The van der Waals surface area contributed by atoms with Gasteiger partial charge in [-0.1, -0.05) is 30.3 Å². The maximum atomic E-state index is 10.8. The maximum absolute atomic E-state index is 10.8. The van der Waals surface area contributed by atoms with Gasteiger partial charge < -0.3 is 9.84 Å². The van der Waals surface area contributed by atoms with Crippen LogP contribution in [-0.2, 0) is 4.79 Å². The number of benzene rings is 2. The van der Waals surface area contributed by atoms with Gasteiger partial charge in [-0.25, -0.2) is 4.79 Å². The Morgan fingerprint density at radius 2 is 1.61 bits per heavy atom. The predicted molar refractivity (Wildman–Crippen MR) is 67.4 cm³/mol. The molecule has 0 heterocycles. The first-order valence-corrected chi connectivity index (χ1v) is 5.32. The number of carbonyl (C=O) groups is 1. The van der Waals surface area contributed by atoms with E-state index in [1.807, 2.05) is 18.2 Å². The van der Waals surface area contributed by atoms with Crippen molar-refractivity contribution in [2.45, 2.75) is 0 Å². The lowest BCUT2D eigenvalue weighted by atomic mass is 10.1. The van der Waals surface area contributed by atoms with Crippen molar-refractivity contribution in [1.82, 2.24) is 0 Å². The van der Waals surface area contributed by atoms with Gasteiger partial charge >= 0.3 is 5.97 Å². The van der Waals surface area contributed by atoms with Crippen LogP contribution in [0, 0.1) is 5.41 Å². The first kappa shape index (κ1) is 11.9. The lowest BCUT2D eigenvalue weighted by molar-refractivity contribution is -0.129. The number of carboxylic acids is 1. The van der Waals surface area contributed by atoms with Gasteiger partial charge in [0.05, 0.1) is 0 Å². The fourth-order valence-corrected chi connectivity index (χ4v) is 1.49. The fourth-order valence-electron chi connectivity index (χ4n) is 1.49. The van der Waals surface area contributed by atoms with E-state index in [0.29, 0.717) is 11.5 Å². The summed E-state index contributed by atoms with van der Waals surface area (Å²) < 4.78 is 5.58. The van der Waals surface area contributed by atoms with Gasteiger partial charge in [0.2, 0.25) is 0 Å². The summed E-state index contributed by atoms with van der Waals surface area (Å²) in [5.41, 5.74) is -0.226. The molecular weight excluding hydrogens is 230 g/mol. The minimum Gasteiger partial charge on any atom is -0.477 e. The summed E-state index contributed by atoms with van der Waals surface area (Å²) in [6.07, 6.45) is 0. The van der Waals surface area contributed by atoms with Crippen LogP contribution >= 0.6 is 0 Å². The number of nitrogens with one attached hydrogen (secondary N) is 1. The van der Waals surface area contributed by atoms with Gasteiger partial charge in [0.15, 0.2) is 5.71 Å². The highest BCUT2D eigenvalue weighted by Gasteiger charge is 2.15. The molecule has 0 aliphatic carbocycles. The van der Waals surface area contributed by atoms with Crippen molar-refractivity contribution >= 4 is 11.7 Å². The van der Waals surface area contributed by atoms with E-state index in [1.165, 1.54) is 0 Å². The minimum absolute atomic E-state index is 0.258. The van der Waals surface area contributed by atoms with E-state index in [2.05, 4.69) is 0 Å². The third-order valence-electron chi connectivity index (χ3n) is 2.34. The molecule has 0 aliphatic rings. The van der Waals surface area contributed by atoms with Crippen molar-refractivity contribution in [3.63, 3.8) is 0 Å². The van der Waals surface area contributed by atoms with Gasteiger partial charge in [0.25, 0.3) is 0 Å². The second-order valence-electron chi connectivity index (χ2n) is 3.59. The summed E-state index contributed by atoms with van der Waals surface area (Å²) in [7, 11) is 0. The molecule has 0 fully saturated rings. The molecule has 0 atom stereocenters. The second-order valence-corrected chi connectivity index (χ2v) is 3.59.